The van der Waals surface area contributed by atoms with Gasteiger partial charge in [0, 0.05) is 11.8 Å². The number of nitrogens with zero attached hydrogens (tertiary/aromatic N) is 3. The highest BCUT2D eigenvalue weighted by molar-refractivity contribution is 5.81. The normalized spacial score (nSPS) is 11.8. The quantitative estimate of drug-likeness (QED) is 0.746. The molecule has 3 rings (SSSR count). The van der Waals surface area contributed by atoms with Crippen LogP contribution in [0.2, 0.25) is 0 Å². The van der Waals surface area contributed by atoms with Gasteiger partial charge in [-0.2, -0.15) is 18.3 Å². The molecular formula is C15H9F3N3O. The molecule has 0 aliphatic rings. The minimum absolute atomic E-state index is 0.0583. The van der Waals surface area contributed by atoms with Crippen LogP contribution in [-0.4, -0.2) is 21.1 Å². The molecule has 0 atom stereocenters. The standard InChI is InChI=1S/C15H9F3N3O/c16-15(17,18)12-3-1-2-10(6-12)11-7-14-13(19-8-11)9-20-21(14)4-5-22/h1-3,6-9H,4H2. The first-order valence-corrected chi connectivity index (χ1v) is 6.33. The highest BCUT2D eigenvalue weighted by Crippen LogP contribution is 2.32. The lowest BCUT2D eigenvalue weighted by atomic mass is 10.0. The lowest BCUT2D eigenvalue weighted by molar-refractivity contribution is -0.137. The molecule has 0 aliphatic carbocycles. The molecule has 0 unspecified atom stereocenters. The van der Waals surface area contributed by atoms with E-state index in [9.17, 15) is 18.0 Å². The van der Waals surface area contributed by atoms with Crippen LogP contribution in [0.1, 0.15) is 5.56 Å². The molecule has 2 heterocycles. The summed E-state index contributed by atoms with van der Waals surface area (Å²) in [7, 11) is 0. The molecule has 0 fully saturated rings. The van der Waals surface area contributed by atoms with Crippen molar-refractivity contribution in [3.63, 3.8) is 0 Å². The zero-order valence-electron chi connectivity index (χ0n) is 11.1. The molecule has 0 N–H and O–H groups in total. The summed E-state index contributed by atoms with van der Waals surface area (Å²) >= 11 is 0. The van der Waals surface area contributed by atoms with Crippen molar-refractivity contribution in [3.8, 4) is 11.1 Å². The van der Waals surface area contributed by atoms with Crippen LogP contribution in [0.4, 0.5) is 13.2 Å². The van der Waals surface area contributed by atoms with Crippen LogP contribution in [0.15, 0.2) is 42.7 Å². The Morgan fingerprint density at radius 2 is 1.95 bits per heavy atom. The molecule has 1 aromatic carbocycles. The third kappa shape index (κ3) is 2.57. The molecule has 22 heavy (non-hydrogen) atoms. The van der Waals surface area contributed by atoms with Crippen LogP contribution in [0.5, 0.6) is 0 Å². The third-order valence-corrected chi connectivity index (χ3v) is 3.23. The Kier molecular flexibility index (Phi) is 3.40. The molecule has 0 bridgehead atoms. The zero-order valence-corrected chi connectivity index (χ0v) is 11.1. The zero-order chi connectivity index (χ0) is 15.7. The van der Waals surface area contributed by atoms with Crippen molar-refractivity contribution in [2.45, 2.75) is 12.7 Å². The number of alkyl halides is 3. The van der Waals surface area contributed by atoms with Gasteiger partial charge in [-0.05, 0) is 23.8 Å². The van der Waals surface area contributed by atoms with Crippen molar-refractivity contribution >= 4 is 17.3 Å². The van der Waals surface area contributed by atoms with Gasteiger partial charge in [0.1, 0.15) is 12.1 Å². The number of fused-ring (bicyclic) bond motifs is 1. The fourth-order valence-corrected chi connectivity index (χ4v) is 2.18. The predicted molar refractivity (Wildman–Crippen MR) is 73.7 cm³/mol. The Hall–Kier alpha value is -2.70. The maximum Gasteiger partial charge on any atom is 0.416 e. The molecule has 7 heteroatoms. The second-order valence-corrected chi connectivity index (χ2v) is 4.65. The van der Waals surface area contributed by atoms with Gasteiger partial charge in [0.25, 0.3) is 0 Å². The molecule has 4 nitrogen and oxygen atoms in total. The SMILES string of the molecule is O=[C]Cn1ncc2ncc(-c3cccc(C(F)(F)F)c3)cc21. The molecule has 111 valence electrons. The van der Waals surface area contributed by atoms with Crippen LogP contribution in [0.3, 0.4) is 0 Å². The molecular weight excluding hydrogens is 295 g/mol. The number of halogens is 3. The molecule has 1 radical (unpaired) electrons. The van der Waals surface area contributed by atoms with E-state index in [1.807, 2.05) is 0 Å². The summed E-state index contributed by atoms with van der Waals surface area (Å²) in [5.74, 6) is 0. The fraction of sp³-hybridized carbons (Fsp3) is 0.133. The largest absolute Gasteiger partial charge is 0.416 e. The van der Waals surface area contributed by atoms with E-state index in [1.165, 1.54) is 23.1 Å². The average Bonchev–Trinajstić information content (AvgIpc) is 2.89. The number of hydrogen-bond acceptors (Lipinski definition) is 3. The molecule has 3 aromatic rings. The summed E-state index contributed by atoms with van der Waals surface area (Å²) in [5, 5.41) is 3.99. The highest BCUT2D eigenvalue weighted by atomic mass is 19.4. The summed E-state index contributed by atoms with van der Waals surface area (Å²) in [6.45, 7) is -0.0583. The van der Waals surface area contributed by atoms with Crippen LogP contribution in [0, 0.1) is 0 Å². The monoisotopic (exact) mass is 304 g/mol. The third-order valence-electron chi connectivity index (χ3n) is 3.23. The van der Waals surface area contributed by atoms with E-state index in [0.717, 1.165) is 12.1 Å². The van der Waals surface area contributed by atoms with Gasteiger partial charge in [0.05, 0.1) is 17.3 Å². The topological polar surface area (TPSA) is 47.8 Å². The van der Waals surface area contributed by atoms with Crippen LogP contribution >= 0.6 is 0 Å². The van der Waals surface area contributed by atoms with Crippen molar-refractivity contribution in [2.75, 3.05) is 0 Å². The number of aromatic nitrogens is 3. The molecule has 2 aromatic heterocycles. The molecule has 0 amide bonds. The van der Waals surface area contributed by atoms with Crippen LogP contribution in [0.25, 0.3) is 22.2 Å². The van der Waals surface area contributed by atoms with Gasteiger partial charge in [-0.25, -0.2) is 0 Å². The smallest absolute Gasteiger partial charge is 0.289 e. The Labute approximate surface area is 123 Å². The van der Waals surface area contributed by atoms with Gasteiger partial charge < -0.3 is 0 Å². The maximum atomic E-state index is 12.8. The van der Waals surface area contributed by atoms with Crippen molar-refractivity contribution in [3.05, 3.63) is 48.3 Å². The number of pyridine rings is 1. The van der Waals surface area contributed by atoms with E-state index in [0.29, 0.717) is 22.2 Å². The van der Waals surface area contributed by atoms with E-state index in [-0.39, 0.29) is 6.54 Å². The van der Waals surface area contributed by atoms with Crippen LogP contribution in [-0.2, 0) is 17.5 Å². The molecule has 0 spiro atoms. The molecule has 0 aliphatic heterocycles. The lowest BCUT2D eigenvalue weighted by Gasteiger charge is -2.09. The van der Waals surface area contributed by atoms with Crippen LogP contribution < -0.4 is 0 Å². The average molecular weight is 304 g/mol. The summed E-state index contributed by atoms with van der Waals surface area (Å²) < 4.78 is 39.7. The number of benzene rings is 1. The van der Waals surface area contributed by atoms with E-state index >= 15 is 0 Å². The number of hydrogen-bond donors (Lipinski definition) is 0. The first-order chi connectivity index (χ1) is 10.5. The van der Waals surface area contributed by atoms with E-state index in [1.54, 1.807) is 18.4 Å². The first-order valence-electron chi connectivity index (χ1n) is 6.33. The van der Waals surface area contributed by atoms with Gasteiger partial charge in [0.2, 0.25) is 6.29 Å². The Balaban J connectivity index is 2.10. The number of rotatable bonds is 3. The van der Waals surface area contributed by atoms with Gasteiger partial charge in [-0.3, -0.25) is 14.5 Å². The minimum atomic E-state index is -4.40. The fourth-order valence-electron chi connectivity index (χ4n) is 2.18. The van der Waals surface area contributed by atoms with Crippen molar-refractivity contribution < 1.29 is 18.0 Å². The van der Waals surface area contributed by atoms with Crippen molar-refractivity contribution in [2.24, 2.45) is 0 Å². The summed E-state index contributed by atoms with van der Waals surface area (Å²) in [6, 6.07) is 6.65. The summed E-state index contributed by atoms with van der Waals surface area (Å²) in [4.78, 5) is 14.7. The van der Waals surface area contributed by atoms with E-state index in [4.69, 9.17) is 0 Å². The van der Waals surface area contributed by atoms with Gasteiger partial charge >= 0.3 is 6.18 Å². The Bertz CT molecular complexity index is 839. The molecule has 0 saturated carbocycles. The second kappa shape index (κ2) is 5.25. The predicted octanol–water partition coefficient (Wildman–Crippen LogP) is 3.23. The van der Waals surface area contributed by atoms with Gasteiger partial charge in [-0.1, -0.05) is 12.1 Å². The Morgan fingerprint density at radius 1 is 1.14 bits per heavy atom. The molecule has 0 saturated heterocycles. The van der Waals surface area contributed by atoms with E-state index in [2.05, 4.69) is 10.1 Å². The van der Waals surface area contributed by atoms with Gasteiger partial charge in [-0.15, -0.1) is 0 Å². The summed E-state index contributed by atoms with van der Waals surface area (Å²) in [5.41, 5.74) is 1.32. The van der Waals surface area contributed by atoms with Gasteiger partial charge in [0.15, 0.2) is 0 Å². The van der Waals surface area contributed by atoms with E-state index < -0.39 is 11.7 Å². The minimum Gasteiger partial charge on any atom is -0.289 e. The second-order valence-electron chi connectivity index (χ2n) is 4.65. The van der Waals surface area contributed by atoms with Crippen molar-refractivity contribution in [1.29, 1.82) is 0 Å². The summed E-state index contributed by atoms with van der Waals surface area (Å²) in [6.07, 6.45) is 0.293. The Morgan fingerprint density at radius 3 is 2.68 bits per heavy atom. The number of carbonyl (C=O) groups excluding carboxylic acids is 1. The lowest BCUT2D eigenvalue weighted by Crippen LogP contribution is -2.04. The first kappa shape index (κ1) is 14.2. The van der Waals surface area contributed by atoms with Crippen molar-refractivity contribution in [1.82, 2.24) is 14.8 Å². The maximum absolute atomic E-state index is 12.8. The highest BCUT2D eigenvalue weighted by Gasteiger charge is 2.30.